The minimum absolute atomic E-state index is 0.0271. The Morgan fingerprint density at radius 3 is 2.00 bits per heavy atom. The fourth-order valence-electron chi connectivity index (χ4n) is 0.706. The summed E-state index contributed by atoms with van der Waals surface area (Å²) in [5.74, 6) is -2.77. The number of carbonyl (C=O) groups is 3. The number of carboxylic acids is 2. The van der Waals surface area contributed by atoms with E-state index < -0.39 is 17.9 Å². The van der Waals surface area contributed by atoms with Gasteiger partial charge in [-0.25, -0.2) is 14.4 Å². The Morgan fingerprint density at radius 1 is 1.15 bits per heavy atom. The highest BCUT2D eigenvalue weighted by Gasteiger charge is 2.03. The Kier molecular flexibility index (Phi) is 11.6. The first-order chi connectivity index (χ1) is 9.26. The van der Waals surface area contributed by atoms with E-state index in [1.165, 1.54) is 0 Å². The molecule has 0 fully saturated rings. The summed E-state index contributed by atoms with van der Waals surface area (Å²) in [6.45, 7) is 8.26. The van der Waals surface area contributed by atoms with Crippen LogP contribution in [0.5, 0.6) is 0 Å². The van der Waals surface area contributed by atoms with Crippen LogP contribution in [0.3, 0.4) is 0 Å². The van der Waals surface area contributed by atoms with Crippen molar-refractivity contribution in [2.24, 2.45) is 0 Å². The molecule has 0 rings (SSSR count). The van der Waals surface area contributed by atoms with E-state index in [0.717, 1.165) is 12.2 Å². The normalized spacial score (nSPS) is 9.30. The highest BCUT2D eigenvalue weighted by Crippen LogP contribution is 1.96. The van der Waals surface area contributed by atoms with E-state index in [9.17, 15) is 14.4 Å². The molecule has 0 spiro atoms. The molecule has 0 saturated carbocycles. The van der Waals surface area contributed by atoms with Crippen molar-refractivity contribution >= 4 is 17.9 Å². The molecular formula is C13H18O7. The van der Waals surface area contributed by atoms with Gasteiger partial charge < -0.3 is 20.1 Å². The number of carbonyl (C=O) groups excluding carboxylic acids is 1. The lowest BCUT2D eigenvalue weighted by molar-refractivity contribution is -0.138. The van der Waals surface area contributed by atoms with Crippen LogP contribution in [0.2, 0.25) is 0 Å². The zero-order valence-electron chi connectivity index (χ0n) is 11.2. The molecule has 0 atom stereocenters. The number of carboxylic acid groups (broad SMARTS) is 2. The molecule has 0 saturated heterocycles. The topological polar surface area (TPSA) is 121 Å². The van der Waals surface area contributed by atoms with Gasteiger partial charge >= 0.3 is 17.9 Å². The second-order valence-electron chi connectivity index (χ2n) is 3.30. The van der Waals surface area contributed by atoms with Gasteiger partial charge in [0.2, 0.25) is 0 Å². The molecule has 0 heterocycles. The van der Waals surface area contributed by atoms with Crippen LogP contribution in [0.1, 0.15) is 13.3 Å². The Labute approximate surface area is 116 Å². The van der Waals surface area contributed by atoms with E-state index in [2.05, 4.69) is 17.9 Å². The van der Waals surface area contributed by atoms with Crippen LogP contribution in [0.15, 0.2) is 36.5 Å². The number of aliphatic hydroxyl groups is 1. The highest BCUT2D eigenvalue weighted by atomic mass is 16.5. The number of esters is 1. The quantitative estimate of drug-likeness (QED) is 0.359. The zero-order valence-corrected chi connectivity index (χ0v) is 11.2. The van der Waals surface area contributed by atoms with Crippen molar-refractivity contribution in [3.05, 3.63) is 36.5 Å². The van der Waals surface area contributed by atoms with Crippen molar-refractivity contribution in [2.75, 3.05) is 13.2 Å². The summed E-state index contributed by atoms with van der Waals surface area (Å²) < 4.78 is 4.55. The van der Waals surface area contributed by atoms with Crippen molar-refractivity contribution in [1.29, 1.82) is 0 Å². The minimum atomic E-state index is -1.12. The Morgan fingerprint density at radius 2 is 1.70 bits per heavy atom. The number of aliphatic hydroxyl groups excluding tert-OH is 1. The Balaban J connectivity index is 0. The predicted molar refractivity (Wildman–Crippen MR) is 71.0 cm³/mol. The third-order valence-corrected chi connectivity index (χ3v) is 1.68. The van der Waals surface area contributed by atoms with Gasteiger partial charge in [0, 0.05) is 24.7 Å². The molecule has 0 radical (unpaired) electrons. The van der Waals surface area contributed by atoms with Gasteiger partial charge in [-0.1, -0.05) is 13.2 Å². The number of aliphatic carboxylic acids is 2. The second-order valence-corrected chi connectivity index (χ2v) is 3.30. The lowest BCUT2D eigenvalue weighted by atomic mass is 10.2. The van der Waals surface area contributed by atoms with Gasteiger partial charge in [0.25, 0.3) is 0 Å². The van der Waals surface area contributed by atoms with E-state index >= 15 is 0 Å². The van der Waals surface area contributed by atoms with Crippen LogP contribution < -0.4 is 0 Å². The Hall–Kier alpha value is -2.41. The van der Waals surface area contributed by atoms with Crippen molar-refractivity contribution < 1.29 is 34.4 Å². The molecule has 7 nitrogen and oxygen atoms in total. The fourth-order valence-corrected chi connectivity index (χ4v) is 0.706. The molecule has 0 bridgehead atoms. The SMILES string of the molecule is C=C(C=CC(=O)O)C(=O)OCC.C=C(CCO)C(=O)O. The van der Waals surface area contributed by atoms with Crippen LogP contribution in [0.4, 0.5) is 0 Å². The highest BCUT2D eigenvalue weighted by molar-refractivity contribution is 5.93. The summed E-state index contributed by atoms with van der Waals surface area (Å²) in [6.07, 6.45) is 2.08. The summed E-state index contributed by atoms with van der Waals surface area (Å²) in [6, 6.07) is 0. The maximum atomic E-state index is 10.8. The predicted octanol–water partition coefficient (Wildman–Crippen LogP) is 0.756. The fraction of sp³-hybridized carbons (Fsp3) is 0.308. The number of hydrogen-bond acceptors (Lipinski definition) is 5. The summed E-state index contributed by atoms with van der Waals surface area (Å²) in [5, 5.41) is 24.5. The summed E-state index contributed by atoms with van der Waals surface area (Å²) in [7, 11) is 0. The molecule has 0 aliphatic heterocycles. The lowest BCUT2D eigenvalue weighted by Crippen LogP contribution is -2.05. The van der Waals surface area contributed by atoms with E-state index in [-0.39, 0.29) is 30.8 Å². The van der Waals surface area contributed by atoms with Crippen LogP contribution in [0.25, 0.3) is 0 Å². The number of ether oxygens (including phenoxy) is 1. The number of rotatable bonds is 7. The maximum Gasteiger partial charge on any atom is 0.337 e. The lowest BCUT2D eigenvalue weighted by Gasteiger charge is -1.98. The minimum Gasteiger partial charge on any atom is -0.478 e. The summed E-state index contributed by atoms with van der Waals surface area (Å²) in [5.41, 5.74) is 0.0757. The van der Waals surface area contributed by atoms with Gasteiger partial charge in [0.15, 0.2) is 0 Å². The Bertz CT molecular complexity index is 407. The first kappa shape index (κ1) is 19.9. The van der Waals surface area contributed by atoms with Gasteiger partial charge in [-0.2, -0.15) is 0 Å². The number of hydrogen-bond donors (Lipinski definition) is 3. The molecule has 0 amide bonds. The van der Waals surface area contributed by atoms with E-state index in [4.69, 9.17) is 15.3 Å². The zero-order chi connectivity index (χ0) is 16.1. The molecule has 0 aromatic rings. The molecule has 0 aromatic carbocycles. The van der Waals surface area contributed by atoms with Crippen molar-refractivity contribution in [3.8, 4) is 0 Å². The molecule has 112 valence electrons. The van der Waals surface area contributed by atoms with Crippen LogP contribution >= 0.6 is 0 Å². The smallest absolute Gasteiger partial charge is 0.337 e. The van der Waals surface area contributed by atoms with Crippen LogP contribution in [0, 0.1) is 0 Å². The van der Waals surface area contributed by atoms with Gasteiger partial charge in [-0.3, -0.25) is 0 Å². The van der Waals surface area contributed by atoms with Crippen LogP contribution in [-0.4, -0.2) is 46.4 Å². The van der Waals surface area contributed by atoms with Crippen LogP contribution in [-0.2, 0) is 19.1 Å². The average molecular weight is 286 g/mol. The molecule has 7 heteroatoms. The molecule has 3 N–H and O–H groups in total. The second kappa shape index (κ2) is 11.7. The van der Waals surface area contributed by atoms with Gasteiger partial charge in [-0.15, -0.1) is 0 Å². The molecule has 0 unspecified atom stereocenters. The third-order valence-electron chi connectivity index (χ3n) is 1.68. The van der Waals surface area contributed by atoms with Crippen molar-refractivity contribution in [2.45, 2.75) is 13.3 Å². The summed E-state index contributed by atoms with van der Waals surface area (Å²) in [4.78, 5) is 30.7. The van der Waals surface area contributed by atoms with E-state index in [1.54, 1.807) is 6.92 Å². The molecule has 20 heavy (non-hydrogen) atoms. The first-order valence-corrected chi connectivity index (χ1v) is 5.55. The maximum absolute atomic E-state index is 10.8. The van der Waals surface area contributed by atoms with Crippen molar-refractivity contribution in [1.82, 2.24) is 0 Å². The van der Waals surface area contributed by atoms with E-state index in [1.807, 2.05) is 0 Å². The average Bonchev–Trinajstić information content (AvgIpc) is 2.37. The standard InChI is InChI=1S/C8H10O4.C5H8O3/c1-3-12-8(11)6(2)4-5-7(9)10;1-4(2-3-6)5(7)8/h4-5H,2-3H2,1H3,(H,9,10);6H,1-3H2,(H,7,8). The van der Waals surface area contributed by atoms with Gasteiger partial charge in [-0.05, 0) is 13.0 Å². The monoisotopic (exact) mass is 286 g/mol. The van der Waals surface area contributed by atoms with E-state index in [0.29, 0.717) is 0 Å². The first-order valence-electron chi connectivity index (χ1n) is 5.55. The largest absolute Gasteiger partial charge is 0.478 e. The molecule has 0 aromatic heterocycles. The van der Waals surface area contributed by atoms with Gasteiger partial charge in [0.1, 0.15) is 0 Å². The summed E-state index contributed by atoms with van der Waals surface area (Å²) >= 11 is 0. The molecular weight excluding hydrogens is 268 g/mol. The molecule has 0 aliphatic rings. The molecule has 0 aliphatic carbocycles. The van der Waals surface area contributed by atoms with Gasteiger partial charge in [0.05, 0.1) is 12.2 Å². The third kappa shape index (κ3) is 12.1. The van der Waals surface area contributed by atoms with Crippen molar-refractivity contribution in [3.63, 3.8) is 0 Å².